The number of amides is 1. The zero-order chi connectivity index (χ0) is 15.8. The topological polar surface area (TPSA) is 36.7 Å². The molecular formula is C18H19FN2O2. The molecule has 4 rings (SSSR count). The lowest BCUT2D eigenvalue weighted by molar-refractivity contribution is -0.133. The van der Waals surface area contributed by atoms with E-state index in [2.05, 4.69) is 0 Å². The number of hydrogen-bond acceptors (Lipinski definition) is 3. The van der Waals surface area contributed by atoms with Crippen molar-refractivity contribution in [2.45, 2.75) is 12.3 Å². The summed E-state index contributed by atoms with van der Waals surface area (Å²) in [5, 5.41) is 0. The predicted molar refractivity (Wildman–Crippen MR) is 84.7 cm³/mol. The number of halogens is 1. The highest BCUT2D eigenvalue weighted by atomic mass is 19.1. The molecule has 0 N–H and O–H groups in total. The molecule has 1 saturated heterocycles. The minimum Gasteiger partial charge on any atom is -0.469 e. The van der Waals surface area contributed by atoms with Crippen molar-refractivity contribution in [3.05, 3.63) is 54.2 Å². The van der Waals surface area contributed by atoms with E-state index < -0.39 is 0 Å². The van der Waals surface area contributed by atoms with Crippen molar-refractivity contribution in [1.29, 1.82) is 0 Å². The average Bonchev–Trinajstić information content (AvgIpc) is 3.20. The van der Waals surface area contributed by atoms with Crippen molar-refractivity contribution in [1.82, 2.24) is 4.90 Å². The van der Waals surface area contributed by atoms with Crippen molar-refractivity contribution in [3.8, 4) is 0 Å². The van der Waals surface area contributed by atoms with Crippen LogP contribution < -0.4 is 4.90 Å². The first-order valence-corrected chi connectivity index (χ1v) is 8.05. The summed E-state index contributed by atoms with van der Waals surface area (Å²) in [4.78, 5) is 16.5. The Morgan fingerprint density at radius 2 is 1.87 bits per heavy atom. The van der Waals surface area contributed by atoms with E-state index in [1.807, 2.05) is 28.0 Å². The molecule has 1 aromatic heterocycles. The molecule has 0 bridgehead atoms. The second-order valence-corrected chi connectivity index (χ2v) is 6.23. The zero-order valence-electron chi connectivity index (χ0n) is 12.8. The van der Waals surface area contributed by atoms with Gasteiger partial charge in [-0.3, -0.25) is 4.79 Å². The molecule has 2 aliphatic rings. The highest BCUT2D eigenvalue weighted by molar-refractivity contribution is 5.83. The van der Waals surface area contributed by atoms with Crippen LogP contribution in [0.15, 0.2) is 47.1 Å². The second kappa shape index (κ2) is 5.72. The summed E-state index contributed by atoms with van der Waals surface area (Å²) in [7, 11) is 0. The molecular weight excluding hydrogens is 295 g/mol. The number of rotatable bonds is 3. The van der Waals surface area contributed by atoms with E-state index in [9.17, 15) is 9.18 Å². The van der Waals surface area contributed by atoms with Crippen molar-refractivity contribution >= 4 is 11.6 Å². The van der Waals surface area contributed by atoms with Gasteiger partial charge in [0.2, 0.25) is 5.91 Å². The third kappa shape index (κ3) is 2.71. The van der Waals surface area contributed by atoms with Gasteiger partial charge in [-0.2, -0.15) is 0 Å². The number of carbonyl (C=O) groups excluding carboxylic acids is 1. The van der Waals surface area contributed by atoms with E-state index in [0.717, 1.165) is 12.2 Å². The van der Waals surface area contributed by atoms with Gasteiger partial charge in [0.25, 0.3) is 0 Å². The van der Waals surface area contributed by atoms with Crippen LogP contribution in [0.2, 0.25) is 0 Å². The average molecular weight is 314 g/mol. The van der Waals surface area contributed by atoms with Crippen LogP contribution in [0.1, 0.15) is 18.1 Å². The monoisotopic (exact) mass is 314 g/mol. The first-order chi connectivity index (χ1) is 11.2. The number of nitrogens with zero attached hydrogens (tertiary/aromatic N) is 2. The Morgan fingerprint density at radius 3 is 2.57 bits per heavy atom. The van der Waals surface area contributed by atoms with Crippen LogP contribution in [0.4, 0.5) is 10.1 Å². The summed E-state index contributed by atoms with van der Waals surface area (Å²) in [6.07, 6.45) is 2.53. The Bertz CT molecular complexity index is 693. The highest BCUT2D eigenvalue weighted by Gasteiger charge is 2.47. The van der Waals surface area contributed by atoms with Crippen LogP contribution in [0.3, 0.4) is 0 Å². The van der Waals surface area contributed by atoms with E-state index in [1.165, 1.54) is 6.07 Å². The molecule has 5 heteroatoms. The first-order valence-electron chi connectivity index (χ1n) is 8.05. The fraction of sp³-hybridized carbons (Fsp3) is 0.389. The SMILES string of the molecule is O=C(C1CC1c1ccco1)N1CCN(c2ccccc2F)CC1. The maximum absolute atomic E-state index is 13.8. The number of para-hydroxylation sites is 1. The molecule has 0 radical (unpaired) electrons. The summed E-state index contributed by atoms with van der Waals surface area (Å²) in [5.41, 5.74) is 0.625. The lowest BCUT2D eigenvalue weighted by Crippen LogP contribution is -2.49. The van der Waals surface area contributed by atoms with Crippen molar-refractivity contribution in [2.24, 2.45) is 5.92 Å². The third-order valence-electron chi connectivity index (χ3n) is 4.80. The third-order valence-corrected chi connectivity index (χ3v) is 4.80. The van der Waals surface area contributed by atoms with Gasteiger partial charge in [0, 0.05) is 38.0 Å². The van der Waals surface area contributed by atoms with E-state index in [4.69, 9.17) is 4.42 Å². The summed E-state index contributed by atoms with van der Waals surface area (Å²) < 4.78 is 19.2. The number of piperazine rings is 1. The van der Waals surface area contributed by atoms with Gasteiger partial charge >= 0.3 is 0 Å². The lowest BCUT2D eigenvalue weighted by Gasteiger charge is -2.36. The van der Waals surface area contributed by atoms with E-state index in [0.29, 0.717) is 31.9 Å². The summed E-state index contributed by atoms with van der Waals surface area (Å²) in [6.45, 7) is 2.64. The predicted octanol–water partition coefficient (Wildman–Crippen LogP) is 2.87. The van der Waals surface area contributed by atoms with E-state index in [-0.39, 0.29) is 23.6 Å². The molecule has 1 amide bonds. The zero-order valence-corrected chi connectivity index (χ0v) is 12.8. The number of carbonyl (C=O) groups is 1. The molecule has 2 atom stereocenters. The van der Waals surface area contributed by atoms with Crippen molar-refractivity contribution < 1.29 is 13.6 Å². The molecule has 2 aromatic rings. The minimum absolute atomic E-state index is 0.0566. The molecule has 23 heavy (non-hydrogen) atoms. The first kappa shape index (κ1) is 14.3. The Balaban J connectivity index is 1.35. The molecule has 2 unspecified atom stereocenters. The van der Waals surface area contributed by atoms with E-state index in [1.54, 1.807) is 18.4 Å². The van der Waals surface area contributed by atoms with Crippen LogP contribution in [0.25, 0.3) is 0 Å². The van der Waals surface area contributed by atoms with Crippen LogP contribution in [0.5, 0.6) is 0 Å². The quantitative estimate of drug-likeness (QED) is 0.874. The smallest absolute Gasteiger partial charge is 0.226 e. The molecule has 2 heterocycles. The summed E-state index contributed by atoms with van der Waals surface area (Å²) in [5.74, 6) is 1.21. The normalized spacial score (nSPS) is 23.9. The van der Waals surface area contributed by atoms with Gasteiger partial charge < -0.3 is 14.2 Å². The summed E-state index contributed by atoms with van der Waals surface area (Å²) in [6, 6.07) is 10.6. The molecule has 120 valence electrons. The highest BCUT2D eigenvalue weighted by Crippen LogP contribution is 2.48. The Labute approximate surface area is 134 Å². The van der Waals surface area contributed by atoms with Gasteiger partial charge in [-0.25, -0.2) is 4.39 Å². The maximum atomic E-state index is 13.8. The fourth-order valence-electron chi connectivity index (χ4n) is 3.40. The number of anilines is 1. The number of benzene rings is 1. The Morgan fingerprint density at radius 1 is 1.09 bits per heavy atom. The molecule has 1 saturated carbocycles. The molecule has 4 nitrogen and oxygen atoms in total. The van der Waals surface area contributed by atoms with Gasteiger partial charge in [-0.1, -0.05) is 12.1 Å². The second-order valence-electron chi connectivity index (χ2n) is 6.23. The van der Waals surface area contributed by atoms with Crippen LogP contribution >= 0.6 is 0 Å². The van der Waals surface area contributed by atoms with Gasteiger partial charge in [-0.15, -0.1) is 0 Å². The van der Waals surface area contributed by atoms with E-state index >= 15 is 0 Å². The van der Waals surface area contributed by atoms with Crippen molar-refractivity contribution in [3.63, 3.8) is 0 Å². The molecule has 1 aliphatic heterocycles. The Hall–Kier alpha value is -2.30. The molecule has 1 aromatic carbocycles. The van der Waals surface area contributed by atoms with Crippen LogP contribution in [0, 0.1) is 11.7 Å². The van der Waals surface area contributed by atoms with Gasteiger partial charge in [-0.05, 0) is 30.7 Å². The maximum Gasteiger partial charge on any atom is 0.226 e. The molecule has 0 spiro atoms. The standard InChI is InChI=1S/C18H19FN2O2/c19-15-4-1-2-5-16(15)20-7-9-21(10-8-20)18(22)14-12-13(14)17-6-3-11-23-17/h1-6,11,13-14H,7-10,12H2. The fourth-order valence-corrected chi connectivity index (χ4v) is 3.40. The number of hydrogen-bond donors (Lipinski definition) is 0. The van der Waals surface area contributed by atoms with Crippen molar-refractivity contribution in [2.75, 3.05) is 31.1 Å². The number of furan rings is 1. The van der Waals surface area contributed by atoms with Gasteiger partial charge in [0.15, 0.2) is 0 Å². The van der Waals surface area contributed by atoms with Gasteiger partial charge in [0.05, 0.1) is 12.0 Å². The molecule has 2 fully saturated rings. The largest absolute Gasteiger partial charge is 0.469 e. The lowest BCUT2D eigenvalue weighted by atomic mass is 10.2. The van der Waals surface area contributed by atoms with Crippen LogP contribution in [-0.2, 0) is 4.79 Å². The minimum atomic E-state index is -0.202. The Kier molecular flexibility index (Phi) is 3.56. The summed E-state index contributed by atoms with van der Waals surface area (Å²) >= 11 is 0. The van der Waals surface area contributed by atoms with Crippen LogP contribution in [-0.4, -0.2) is 37.0 Å². The van der Waals surface area contributed by atoms with Gasteiger partial charge in [0.1, 0.15) is 11.6 Å². The molecule has 1 aliphatic carbocycles.